The summed E-state index contributed by atoms with van der Waals surface area (Å²) in [6.07, 6.45) is 0. The molecule has 0 aliphatic carbocycles. The molecule has 0 radical (unpaired) electrons. The molecule has 1 aromatic carbocycles. The van der Waals surface area contributed by atoms with Crippen LogP contribution in [0.3, 0.4) is 0 Å². The number of benzene rings is 1. The van der Waals surface area contributed by atoms with Crippen LogP contribution in [0.2, 0.25) is 10.0 Å². The maximum absolute atomic E-state index is 6.05. The van der Waals surface area contributed by atoms with Gasteiger partial charge in [0.05, 0.1) is 17.3 Å². The highest BCUT2D eigenvalue weighted by molar-refractivity contribution is 6.35. The Bertz CT molecular complexity index is 592. The van der Waals surface area contributed by atoms with E-state index >= 15 is 0 Å². The molecule has 2 aromatic rings. The summed E-state index contributed by atoms with van der Waals surface area (Å²) in [5.74, 6) is 0.501. The monoisotopic (exact) mass is 314 g/mol. The van der Waals surface area contributed by atoms with Crippen molar-refractivity contribution in [2.45, 2.75) is 32.9 Å². The molecule has 1 aromatic heterocycles. The molecule has 0 bridgehead atoms. The Morgan fingerprint density at radius 1 is 1.20 bits per heavy atom. The van der Waals surface area contributed by atoms with Crippen molar-refractivity contribution in [3.8, 4) is 0 Å². The molecule has 2 N–H and O–H groups in total. The first-order valence-electron chi connectivity index (χ1n) is 6.13. The second-order valence-corrected chi connectivity index (χ2v) is 6.20. The number of hydrogen-bond acceptors (Lipinski definition) is 5. The molecular formula is C13H16Cl2N4O. The zero-order valence-electron chi connectivity index (χ0n) is 11.5. The Labute approximate surface area is 127 Å². The van der Waals surface area contributed by atoms with Gasteiger partial charge in [-0.1, -0.05) is 28.3 Å². The van der Waals surface area contributed by atoms with E-state index in [4.69, 9.17) is 27.6 Å². The predicted molar refractivity (Wildman–Crippen MR) is 80.6 cm³/mol. The molecule has 2 rings (SSSR count). The van der Waals surface area contributed by atoms with Crippen molar-refractivity contribution in [1.82, 2.24) is 15.5 Å². The topological polar surface area (TPSA) is 63.0 Å². The van der Waals surface area contributed by atoms with Crippen LogP contribution in [0.5, 0.6) is 0 Å². The minimum Gasteiger partial charge on any atom is -0.406 e. The Balaban J connectivity index is 2.04. The SMILES string of the molecule is CC(C)(C)NCc1nnc(Nc2cc(Cl)ccc2Cl)o1. The molecule has 0 aliphatic heterocycles. The van der Waals surface area contributed by atoms with Crippen molar-refractivity contribution in [2.75, 3.05) is 5.32 Å². The molecule has 7 heteroatoms. The van der Waals surface area contributed by atoms with E-state index in [1.807, 2.05) is 0 Å². The van der Waals surface area contributed by atoms with Crippen LogP contribution in [0.4, 0.5) is 11.7 Å². The van der Waals surface area contributed by atoms with E-state index in [1.165, 1.54) is 0 Å². The molecule has 20 heavy (non-hydrogen) atoms. The van der Waals surface area contributed by atoms with Gasteiger partial charge in [0.2, 0.25) is 5.89 Å². The third kappa shape index (κ3) is 4.37. The highest BCUT2D eigenvalue weighted by Crippen LogP contribution is 2.27. The number of nitrogens with one attached hydrogen (secondary N) is 2. The molecular weight excluding hydrogens is 299 g/mol. The van der Waals surface area contributed by atoms with Crippen LogP contribution < -0.4 is 10.6 Å². The fraction of sp³-hybridized carbons (Fsp3) is 0.385. The fourth-order valence-corrected chi connectivity index (χ4v) is 1.76. The summed E-state index contributed by atoms with van der Waals surface area (Å²) in [5, 5.41) is 15.2. The first-order chi connectivity index (χ1) is 9.33. The number of anilines is 2. The number of rotatable bonds is 4. The highest BCUT2D eigenvalue weighted by Gasteiger charge is 2.13. The Morgan fingerprint density at radius 2 is 1.95 bits per heavy atom. The van der Waals surface area contributed by atoms with Gasteiger partial charge >= 0.3 is 6.01 Å². The van der Waals surface area contributed by atoms with Crippen LogP contribution in [-0.4, -0.2) is 15.7 Å². The molecule has 0 fully saturated rings. The standard InChI is InChI=1S/C13H16Cl2N4O/c1-13(2,3)16-7-11-18-19-12(20-11)17-10-6-8(14)4-5-9(10)15/h4-6,16H,7H2,1-3H3,(H,17,19). The quantitative estimate of drug-likeness (QED) is 0.892. The van der Waals surface area contributed by atoms with E-state index in [9.17, 15) is 0 Å². The van der Waals surface area contributed by atoms with Gasteiger partial charge in [-0.2, -0.15) is 0 Å². The average Bonchev–Trinajstić information content (AvgIpc) is 2.78. The normalized spacial score (nSPS) is 11.7. The maximum Gasteiger partial charge on any atom is 0.320 e. The van der Waals surface area contributed by atoms with E-state index in [1.54, 1.807) is 18.2 Å². The van der Waals surface area contributed by atoms with Crippen LogP contribution in [0.15, 0.2) is 22.6 Å². The molecule has 0 unspecified atom stereocenters. The second-order valence-electron chi connectivity index (χ2n) is 5.35. The fourth-order valence-electron chi connectivity index (χ4n) is 1.42. The minimum atomic E-state index is -0.0156. The van der Waals surface area contributed by atoms with Gasteiger partial charge in [0.1, 0.15) is 0 Å². The lowest BCUT2D eigenvalue weighted by molar-refractivity contribution is 0.384. The van der Waals surface area contributed by atoms with Crippen molar-refractivity contribution in [3.63, 3.8) is 0 Å². The number of halogens is 2. The lowest BCUT2D eigenvalue weighted by Crippen LogP contribution is -2.35. The van der Waals surface area contributed by atoms with E-state index < -0.39 is 0 Å². The van der Waals surface area contributed by atoms with Crippen LogP contribution >= 0.6 is 23.2 Å². The van der Waals surface area contributed by atoms with Crippen molar-refractivity contribution in [1.29, 1.82) is 0 Å². The summed E-state index contributed by atoms with van der Waals surface area (Å²) < 4.78 is 5.48. The molecule has 0 amide bonds. The number of aromatic nitrogens is 2. The second kappa shape index (κ2) is 5.99. The number of hydrogen-bond donors (Lipinski definition) is 2. The first kappa shape index (κ1) is 15.1. The minimum absolute atomic E-state index is 0.0156. The summed E-state index contributed by atoms with van der Waals surface area (Å²) in [6.45, 7) is 6.69. The van der Waals surface area contributed by atoms with Crippen LogP contribution in [-0.2, 0) is 6.54 Å². The van der Waals surface area contributed by atoms with Gasteiger partial charge in [-0.05, 0) is 39.0 Å². The van der Waals surface area contributed by atoms with Crippen LogP contribution in [0.1, 0.15) is 26.7 Å². The van der Waals surface area contributed by atoms with Gasteiger partial charge < -0.3 is 15.1 Å². The largest absolute Gasteiger partial charge is 0.406 e. The van der Waals surface area contributed by atoms with Crippen molar-refractivity contribution in [3.05, 3.63) is 34.1 Å². The summed E-state index contributed by atoms with van der Waals surface area (Å²) >= 11 is 12.0. The van der Waals surface area contributed by atoms with Crippen LogP contribution in [0.25, 0.3) is 0 Å². The van der Waals surface area contributed by atoms with Gasteiger partial charge in [0, 0.05) is 10.6 Å². The zero-order valence-corrected chi connectivity index (χ0v) is 13.0. The molecule has 108 valence electrons. The molecule has 1 heterocycles. The smallest absolute Gasteiger partial charge is 0.320 e. The third-order valence-electron chi connectivity index (χ3n) is 2.41. The summed E-state index contributed by atoms with van der Waals surface area (Å²) in [5.41, 5.74) is 0.608. The van der Waals surface area contributed by atoms with Gasteiger partial charge in [-0.25, -0.2) is 0 Å². The van der Waals surface area contributed by atoms with Crippen molar-refractivity contribution < 1.29 is 4.42 Å². The highest BCUT2D eigenvalue weighted by atomic mass is 35.5. The van der Waals surface area contributed by atoms with E-state index in [0.29, 0.717) is 28.2 Å². The first-order valence-corrected chi connectivity index (χ1v) is 6.88. The van der Waals surface area contributed by atoms with Crippen molar-refractivity contribution in [2.24, 2.45) is 0 Å². The van der Waals surface area contributed by atoms with E-state index in [0.717, 1.165) is 0 Å². The molecule has 0 aliphatic rings. The molecule has 0 spiro atoms. The van der Waals surface area contributed by atoms with E-state index in [2.05, 4.69) is 41.6 Å². The summed E-state index contributed by atoms with van der Waals surface area (Å²) in [6, 6.07) is 5.38. The number of nitrogens with zero attached hydrogens (tertiary/aromatic N) is 2. The molecule has 5 nitrogen and oxygen atoms in total. The predicted octanol–water partition coefficient (Wildman–Crippen LogP) is 4.01. The van der Waals surface area contributed by atoms with Crippen LogP contribution in [0, 0.1) is 0 Å². The van der Waals surface area contributed by atoms with Gasteiger partial charge in [-0.15, -0.1) is 5.10 Å². The van der Waals surface area contributed by atoms with Gasteiger partial charge in [0.25, 0.3) is 0 Å². The Kier molecular flexibility index (Phi) is 4.52. The Morgan fingerprint density at radius 3 is 2.65 bits per heavy atom. The lowest BCUT2D eigenvalue weighted by atomic mass is 10.1. The lowest BCUT2D eigenvalue weighted by Gasteiger charge is -2.18. The summed E-state index contributed by atoms with van der Waals surface area (Å²) in [4.78, 5) is 0. The molecule has 0 atom stereocenters. The van der Waals surface area contributed by atoms with Crippen molar-refractivity contribution >= 4 is 34.9 Å². The maximum atomic E-state index is 6.05. The third-order valence-corrected chi connectivity index (χ3v) is 2.97. The zero-order chi connectivity index (χ0) is 14.8. The Hall–Kier alpha value is -1.30. The van der Waals surface area contributed by atoms with E-state index in [-0.39, 0.29) is 11.6 Å². The average molecular weight is 315 g/mol. The summed E-state index contributed by atoms with van der Waals surface area (Å²) in [7, 11) is 0. The molecule has 0 saturated carbocycles. The van der Waals surface area contributed by atoms with Gasteiger partial charge in [0.15, 0.2) is 0 Å². The van der Waals surface area contributed by atoms with Gasteiger partial charge in [-0.3, -0.25) is 0 Å². The molecule has 0 saturated heterocycles.